The zero-order valence-corrected chi connectivity index (χ0v) is 14.2. The van der Waals surface area contributed by atoms with Crippen molar-refractivity contribution in [1.82, 2.24) is 5.32 Å². The van der Waals surface area contributed by atoms with Gasteiger partial charge in [0.15, 0.2) is 0 Å². The molecule has 0 bridgehead atoms. The highest BCUT2D eigenvalue weighted by Crippen LogP contribution is 2.34. The minimum absolute atomic E-state index is 0.777. The van der Waals surface area contributed by atoms with Crippen LogP contribution in [0, 0.1) is 5.92 Å². The van der Waals surface area contributed by atoms with E-state index in [-0.39, 0.29) is 0 Å². The normalized spacial score (nSPS) is 17.1. The Kier molecular flexibility index (Phi) is 5.33. The van der Waals surface area contributed by atoms with Crippen molar-refractivity contribution in [2.24, 2.45) is 5.92 Å². The van der Waals surface area contributed by atoms with Crippen LogP contribution in [0.5, 0.6) is 0 Å². The molecule has 0 saturated carbocycles. The van der Waals surface area contributed by atoms with Gasteiger partial charge in [0.1, 0.15) is 0 Å². The van der Waals surface area contributed by atoms with Crippen LogP contribution in [0.15, 0.2) is 25.6 Å². The van der Waals surface area contributed by atoms with E-state index in [1.165, 1.54) is 12.8 Å². The van der Waals surface area contributed by atoms with E-state index in [0.29, 0.717) is 0 Å². The van der Waals surface area contributed by atoms with Crippen LogP contribution in [-0.4, -0.2) is 19.6 Å². The van der Waals surface area contributed by atoms with Gasteiger partial charge in [-0.15, -0.1) is 0 Å². The molecule has 0 aromatic heterocycles. The van der Waals surface area contributed by atoms with E-state index in [4.69, 9.17) is 0 Å². The van der Waals surface area contributed by atoms with Crippen LogP contribution >= 0.6 is 47.8 Å². The van der Waals surface area contributed by atoms with Crippen LogP contribution in [0.1, 0.15) is 12.8 Å². The Labute approximate surface area is 127 Å². The highest BCUT2D eigenvalue weighted by molar-refractivity contribution is 9.11. The Balaban J connectivity index is 1.98. The minimum Gasteiger partial charge on any atom is -0.383 e. The molecule has 1 aromatic rings. The van der Waals surface area contributed by atoms with Gasteiger partial charge in [0, 0.05) is 20.0 Å². The summed E-state index contributed by atoms with van der Waals surface area (Å²) in [6.45, 7) is 3.34. The predicted molar refractivity (Wildman–Crippen MR) is 83.6 cm³/mol. The van der Waals surface area contributed by atoms with E-state index >= 15 is 0 Å². The third-order valence-electron chi connectivity index (χ3n) is 3.03. The first-order valence-electron chi connectivity index (χ1n) is 5.76. The monoisotopic (exact) mass is 424 g/mol. The summed E-state index contributed by atoms with van der Waals surface area (Å²) in [7, 11) is 0. The Morgan fingerprint density at radius 1 is 1.12 bits per heavy atom. The lowest BCUT2D eigenvalue weighted by Crippen LogP contribution is -2.31. The Hall–Kier alpha value is 0.420. The zero-order chi connectivity index (χ0) is 12.3. The second-order valence-corrected chi connectivity index (χ2v) is 6.94. The first kappa shape index (κ1) is 13.8. The molecule has 1 aliphatic heterocycles. The number of hydrogen-bond donors (Lipinski definition) is 2. The van der Waals surface area contributed by atoms with Gasteiger partial charge in [-0.2, -0.15) is 0 Å². The van der Waals surface area contributed by atoms with Crippen molar-refractivity contribution in [3.63, 3.8) is 0 Å². The molecule has 1 aliphatic rings. The standard InChI is InChI=1S/C12H15Br3N2/c13-9-5-10(14)12(11(15)6-9)17-7-8-1-3-16-4-2-8/h5-6,8,16-17H,1-4,7H2. The number of nitrogens with one attached hydrogen (secondary N) is 2. The molecule has 2 nitrogen and oxygen atoms in total. The summed E-state index contributed by atoms with van der Waals surface area (Å²) in [5, 5.41) is 6.93. The van der Waals surface area contributed by atoms with Crippen molar-refractivity contribution in [3.8, 4) is 0 Å². The number of rotatable bonds is 3. The summed E-state index contributed by atoms with van der Waals surface area (Å²) >= 11 is 10.7. The Bertz CT molecular complexity index is 366. The fourth-order valence-corrected chi connectivity index (χ4v) is 4.58. The topological polar surface area (TPSA) is 24.1 Å². The molecule has 1 saturated heterocycles. The van der Waals surface area contributed by atoms with Crippen LogP contribution in [0.25, 0.3) is 0 Å². The number of hydrogen-bond acceptors (Lipinski definition) is 2. The second kappa shape index (κ2) is 6.55. The molecule has 1 fully saturated rings. The van der Waals surface area contributed by atoms with Crippen molar-refractivity contribution >= 4 is 53.5 Å². The molecule has 94 valence electrons. The molecule has 0 unspecified atom stereocenters. The predicted octanol–water partition coefficient (Wildman–Crippen LogP) is 4.39. The van der Waals surface area contributed by atoms with E-state index in [1.54, 1.807) is 0 Å². The molecule has 0 amide bonds. The van der Waals surface area contributed by atoms with Gasteiger partial charge in [-0.25, -0.2) is 0 Å². The lowest BCUT2D eigenvalue weighted by molar-refractivity contribution is 0.390. The molecule has 1 heterocycles. The molecule has 17 heavy (non-hydrogen) atoms. The van der Waals surface area contributed by atoms with Crippen LogP contribution < -0.4 is 10.6 Å². The lowest BCUT2D eigenvalue weighted by Gasteiger charge is -2.24. The van der Waals surface area contributed by atoms with Crippen molar-refractivity contribution in [2.75, 3.05) is 25.0 Å². The molecule has 2 rings (SSSR count). The largest absolute Gasteiger partial charge is 0.383 e. The smallest absolute Gasteiger partial charge is 0.0629 e. The third kappa shape index (κ3) is 3.94. The lowest BCUT2D eigenvalue weighted by atomic mass is 9.98. The molecule has 0 spiro atoms. The fourth-order valence-electron chi connectivity index (χ4n) is 2.04. The highest BCUT2D eigenvalue weighted by Gasteiger charge is 2.14. The molecular weight excluding hydrogens is 412 g/mol. The van der Waals surface area contributed by atoms with Crippen LogP contribution in [0.2, 0.25) is 0 Å². The van der Waals surface area contributed by atoms with Gasteiger partial charge in [0.2, 0.25) is 0 Å². The van der Waals surface area contributed by atoms with E-state index in [9.17, 15) is 0 Å². The average Bonchev–Trinajstić information content (AvgIpc) is 2.29. The summed E-state index contributed by atoms with van der Waals surface area (Å²) in [6.07, 6.45) is 2.53. The van der Waals surface area contributed by atoms with E-state index in [2.05, 4.69) is 70.6 Å². The Morgan fingerprint density at radius 2 is 1.71 bits per heavy atom. The summed E-state index contributed by atoms with van der Waals surface area (Å²) in [4.78, 5) is 0. The molecular formula is C12H15Br3N2. The zero-order valence-electron chi connectivity index (χ0n) is 9.40. The molecule has 2 N–H and O–H groups in total. The minimum atomic E-state index is 0.777. The number of anilines is 1. The third-order valence-corrected chi connectivity index (χ3v) is 4.74. The van der Waals surface area contributed by atoms with E-state index < -0.39 is 0 Å². The Morgan fingerprint density at radius 3 is 2.29 bits per heavy atom. The van der Waals surface area contributed by atoms with Gasteiger partial charge in [-0.1, -0.05) is 15.9 Å². The first-order chi connectivity index (χ1) is 8.16. The maximum atomic E-state index is 3.59. The molecule has 1 aromatic carbocycles. The van der Waals surface area contributed by atoms with E-state index in [0.717, 1.165) is 44.7 Å². The van der Waals surface area contributed by atoms with Crippen molar-refractivity contribution in [2.45, 2.75) is 12.8 Å². The van der Waals surface area contributed by atoms with Crippen molar-refractivity contribution in [3.05, 3.63) is 25.6 Å². The summed E-state index contributed by atoms with van der Waals surface area (Å²) < 4.78 is 3.25. The van der Waals surface area contributed by atoms with Gasteiger partial charge in [-0.05, 0) is 75.8 Å². The maximum Gasteiger partial charge on any atom is 0.0629 e. The quantitative estimate of drug-likeness (QED) is 0.749. The molecule has 5 heteroatoms. The number of halogens is 3. The van der Waals surface area contributed by atoms with Gasteiger partial charge in [0.05, 0.1) is 5.69 Å². The van der Waals surface area contributed by atoms with Crippen LogP contribution in [-0.2, 0) is 0 Å². The summed E-state index contributed by atoms with van der Waals surface area (Å²) in [6, 6.07) is 4.13. The van der Waals surface area contributed by atoms with Gasteiger partial charge in [-0.3, -0.25) is 0 Å². The van der Waals surface area contributed by atoms with Gasteiger partial charge in [0.25, 0.3) is 0 Å². The van der Waals surface area contributed by atoms with Gasteiger partial charge < -0.3 is 10.6 Å². The summed E-state index contributed by atoms with van der Waals surface area (Å²) in [5.41, 5.74) is 1.15. The average molecular weight is 427 g/mol. The number of piperidine rings is 1. The van der Waals surface area contributed by atoms with Crippen molar-refractivity contribution in [1.29, 1.82) is 0 Å². The number of benzene rings is 1. The molecule has 0 aliphatic carbocycles. The van der Waals surface area contributed by atoms with E-state index in [1.807, 2.05) is 0 Å². The molecule has 0 radical (unpaired) electrons. The molecule has 0 atom stereocenters. The maximum absolute atomic E-state index is 3.59. The second-order valence-electron chi connectivity index (χ2n) is 4.32. The van der Waals surface area contributed by atoms with Crippen LogP contribution in [0.3, 0.4) is 0 Å². The van der Waals surface area contributed by atoms with Crippen molar-refractivity contribution < 1.29 is 0 Å². The fraction of sp³-hybridized carbons (Fsp3) is 0.500. The summed E-state index contributed by atoms with van der Waals surface area (Å²) in [5.74, 6) is 0.777. The first-order valence-corrected chi connectivity index (χ1v) is 8.14. The van der Waals surface area contributed by atoms with Crippen LogP contribution in [0.4, 0.5) is 5.69 Å². The highest BCUT2D eigenvalue weighted by atomic mass is 79.9. The SMILES string of the molecule is Brc1cc(Br)c(NCC2CCNCC2)c(Br)c1. The van der Waals surface area contributed by atoms with Gasteiger partial charge >= 0.3 is 0 Å².